The minimum Gasteiger partial charge on any atom is -0.447 e. The van der Waals surface area contributed by atoms with Crippen LogP contribution in [0.3, 0.4) is 0 Å². The summed E-state index contributed by atoms with van der Waals surface area (Å²) >= 11 is 2.92. The summed E-state index contributed by atoms with van der Waals surface area (Å²) in [5.41, 5.74) is 0. The zero-order chi connectivity index (χ0) is 45.8. The number of hydrogen-bond donors (Lipinski definition) is 0. The number of carbonyl (C=O) groups is 7. The van der Waals surface area contributed by atoms with E-state index in [1.165, 1.54) is 44.5 Å². The van der Waals surface area contributed by atoms with Crippen molar-refractivity contribution < 1.29 is 71.5 Å². The van der Waals surface area contributed by atoms with E-state index in [2.05, 4.69) is 0 Å². The number of methoxy groups -OCH3 is 1. The van der Waals surface area contributed by atoms with E-state index in [4.69, 9.17) is 37.9 Å². The van der Waals surface area contributed by atoms with Gasteiger partial charge in [-0.1, -0.05) is 13.8 Å². The quantitative estimate of drug-likeness (QED) is 0.0805. The van der Waals surface area contributed by atoms with Gasteiger partial charge in [-0.2, -0.15) is 0 Å². The molecule has 5 amide bonds. The zero-order valence-corrected chi connectivity index (χ0v) is 39.1. The van der Waals surface area contributed by atoms with Gasteiger partial charge in [-0.3, -0.25) is 33.7 Å². The summed E-state index contributed by atoms with van der Waals surface area (Å²) in [6.45, 7) is 13.0. The van der Waals surface area contributed by atoms with Crippen LogP contribution in [0.4, 0.5) is 4.79 Å². The summed E-state index contributed by atoms with van der Waals surface area (Å²) < 4.78 is 42.3. The lowest BCUT2D eigenvalue weighted by Gasteiger charge is -2.37. The van der Waals surface area contributed by atoms with E-state index in [-0.39, 0.29) is 112 Å². The Kier molecular flexibility index (Phi) is 34.2. The highest BCUT2D eigenvalue weighted by Crippen LogP contribution is 2.11. The van der Waals surface area contributed by atoms with Crippen molar-refractivity contribution in [3.8, 4) is 0 Å². The lowest BCUT2D eigenvalue weighted by molar-refractivity contribution is -0.141. The summed E-state index contributed by atoms with van der Waals surface area (Å²) in [6.07, 6.45) is -0.815. The molecule has 20 nitrogen and oxygen atoms in total. The number of Topliss-reactive ketones (excluding diaryl/α,β-unsaturated/α-hetero) is 2. The van der Waals surface area contributed by atoms with Gasteiger partial charge in [0.15, 0.2) is 11.6 Å². The van der Waals surface area contributed by atoms with E-state index >= 15 is 0 Å². The third-order valence-electron chi connectivity index (χ3n) is 8.69. The largest absolute Gasteiger partial charge is 0.447 e. The fourth-order valence-electron chi connectivity index (χ4n) is 5.47. The number of rotatable bonds is 33. The first kappa shape index (κ1) is 56.9. The van der Waals surface area contributed by atoms with Crippen LogP contribution in [-0.2, 0) is 66.7 Å². The Morgan fingerprint density at radius 1 is 0.452 bits per heavy atom. The van der Waals surface area contributed by atoms with Crippen molar-refractivity contribution in [2.24, 2.45) is 0 Å². The smallest absolute Gasteiger partial charge is 0.410 e. The molecule has 0 radical (unpaired) electrons. The number of hydrogen-bond acceptors (Lipinski definition) is 17. The monoisotopic (exact) mass is 925 g/mol. The molecule has 2 rings (SSSR count). The highest BCUT2D eigenvalue weighted by atomic mass is 32.2. The highest BCUT2D eigenvalue weighted by Gasteiger charge is 2.31. The first-order valence-corrected chi connectivity index (χ1v) is 23.4. The molecule has 0 aromatic rings. The van der Waals surface area contributed by atoms with Crippen LogP contribution in [0.2, 0.25) is 0 Å². The predicted octanol–water partition coefficient (Wildman–Crippen LogP) is 0.183. The molecule has 2 saturated heterocycles. The van der Waals surface area contributed by atoms with E-state index in [0.29, 0.717) is 104 Å². The van der Waals surface area contributed by atoms with Crippen LogP contribution in [0.1, 0.15) is 27.7 Å². The van der Waals surface area contributed by atoms with Crippen LogP contribution < -0.4 is 0 Å². The zero-order valence-electron chi connectivity index (χ0n) is 37.5. The lowest BCUT2D eigenvalue weighted by Crippen LogP contribution is -2.56. The third kappa shape index (κ3) is 27.9. The Labute approximate surface area is 375 Å². The van der Waals surface area contributed by atoms with Crippen LogP contribution in [0.25, 0.3) is 0 Å². The molecule has 0 atom stereocenters. The van der Waals surface area contributed by atoms with E-state index in [0.717, 1.165) is 4.90 Å². The molecule has 0 saturated carbocycles. The molecule has 358 valence electrons. The van der Waals surface area contributed by atoms with Crippen molar-refractivity contribution in [3.63, 3.8) is 0 Å². The van der Waals surface area contributed by atoms with Gasteiger partial charge < -0.3 is 57.5 Å². The van der Waals surface area contributed by atoms with E-state index in [1.807, 2.05) is 13.8 Å². The second kappa shape index (κ2) is 37.3. The van der Waals surface area contributed by atoms with E-state index in [9.17, 15) is 33.6 Å². The minimum absolute atomic E-state index is 0.0350. The average molecular weight is 926 g/mol. The molecule has 2 aliphatic heterocycles. The Hall–Kier alpha value is -3.09. The van der Waals surface area contributed by atoms with Gasteiger partial charge in [0.05, 0.1) is 84.2 Å². The molecule has 0 spiro atoms. The van der Waals surface area contributed by atoms with Crippen LogP contribution in [0, 0.1) is 0 Å². The van der Waals surface area contributed by atoms with Gasteiger partial charge in [-0.15, -0.1) is 23.5 Å². The number of carbonyl (C=O) groups excluding carboxylic acids is 7. The van der Waals surface area contributed by atoms with Gasteiger partial charge in [-0.25, -0.2) is 4.79 Å². The topological polar surface area (TPSA) is 210 Å². The lowest BCUT2D eigenvalue weighted by atomic mass is 10.3. The normalized spacial score (nSPS) is 14.0. The summed E-state index contributed by atoms with van der Waals surface area (Å²) in [4.78, 5) is 94.6. The molecular weight excluding hydrogens is 855 g/mol. The Balaban J connectivity index is 0.00000946. The fraction of sp³-hybridized carbons (Fsp3) is 0.825. The van der Waals surface area contributed by atoms with Gasteiger partial charge >= 0.3 is 6.09 Å². The fourth-order valence-corrected chi connectivity index (χ4v) is 6.95. The molecule has 0 aromatic heterocycles. The molecule has 0 N–H and O–H groups in total. The van der Waals surface area contributed by atoms with Gasteiger partial charge in [0.1, 0.15) is 32.9 Å². The number of ketones is 2. The summed E-state index contributed by atoms with van der Waals surface area (Å²) in [5.74, 6) is 0.951. The number of nitrogens with zero attached hydrogens (tertiary/aromatic N) is 5. The van der Waals surface area contributed by atoms with Crippen molar-refractivity contribution in [2.45, 2.75) is 27.7 Å². The van der Waals surface area contributed by atoms with Gasteiger partial charge in [0.25, 0.3) is 0 Å². The maximum Gasteiger partial charge on any atom is 0.410 e. The summed E-state index contributed by atoms with van der Waals surface area (Å²) in [6, 6.07) is 0. The number of ether oxygens (including phenoxy) is 8. The Morgan fingerprint density at radius 2 is 0.774 bits per heavy atom. The standard InChI is InChI=1S/C38H65N5O15S2.C2H6/c1-32(44)28-56-19-17-52-13-15-54-22-24-59-30-36(48)41-8-4-39(5-9-41)34(46)26-43(38(50)58-21-12-51-3)27-35(47)40-6-10-42(11-7-40)37(49)31-60-25-23-55-16-14-53-18-20-57-29-33(2)45;1-2/h4-31H2,1-3H3;1-2H3. The van der Waals surface area contributed by atoms with Crippen molar-refractivity contribution in [1.82, 2.24) is 24.5 Å². The molecule has 0 bridgehead atoms. The van der Waals surface area contributed by atoms with Crippen LogP contribution in [-0.4, -0.2) is 254 Å². The predicted molar refractivity (Wildman–Crippen MR) is 233 cm³/mol. The van der Waals surface area contributed by atoms with Crippen LogP contribution in [0.5, 0.6) is 0 Å². The van der Waals surface area contributed by atoms with Gasteiger partial charge in [0, 0.05) is 71.0 Å². The Morgan fingerprint density at radius 3 is 1.11 bits per heavy atom. The second-order valence-electron chi connectivity index (χ2n) is 13.6. The van der Waals surface area contributed by atoms with Crippen molar-refractivity contribution >= 4 is 64.8 Å². The SMILES string of the molecule is CC.COCCOC(=O)N(CC(=O)N1CCN(C(=O)CSCCOCCOCCOCC(C)=O)CC1)CC(=O)N1CCN(C(=O)CSCCOCCOCCOCC(C)=O)CC1. The van der Waals surface area contributed by atoms with Crippen molar-refractivity contribution in [3.05, 3.63) is 0 Å². The van der Waals surface area contributed by atoms with Gasteiger partial charge in [-0.05, 0) is 13.8 Å². The second-order valence-corrected chi connectivity index (χ2v) is 15.8. The van der Waals surface area contributed by atoms with E-state index in [1.54, 1.807) is 19.6 Å². The number of piperazine rings is 2. The Bertz CT molecular complexity index is 1200. The first-order valence-electron chi connectivity index (χ1n) is 21.1. The summed E-state index contributed by atoms with van der Waals surface area (Å²) in [7, 11) is 1.46. The minimum atomic E-state index is -0.815. The highest BCUT2D eigenvalue weighted by molar-refractivity contribution is 8.00. The maximum atomic E-state index is 13.3. The van der Waals surface area contributed by atoms with Crippen LogP contribution >= 0.6 is 23.5 Å². The van der Waals surface area contributed by atoms with E-state index < -0.39 is 6.09 Å². The van der Waals surface area contributed by atoms with Gasteiger partial charge in [0.2, 0.25) is 23.6 Å². The third-order valence-corrected chi connectivity index (χ3v) is 10.5. The maximum absolute atomic E-state index is 13.3. The molecule has 0 unspecified atom stereocenters. The molecule has 2 heterocycles. The molecule has 0 aromatic carbocycles. The average Bonchev–Trinajstić information content (AvgIpc) is 3.27. The summed E-state index contributed by atoms with van der Waals surface area (Å²) in [5, 5.41) is 0. The first-order chi connectivity index (χ1) is 30.0. The molecule has 62 heavy (non-hydrogen) atoms. The number of thioether (sulfide) groups is 2. The van der Waals surface area contributed by atoms with Crippen LogP contribution in [0.15, 0.2) is 0 Å². The molecule has 22 heteroatoms. The van der Waals surface area contributed by atoms with Crippen molar-refractivity contribution in [1.29, 1.82) is 0 Å². The molecular formula is C40H71N5O15S2. The van der Waals surface area contributed by atoms with Crippen molar-refractivity contribution in [2.75, 3.05) is 188 Å². The molecule has 0 aliphatic carbocycles. The number of amides is 5. The molecule has 2 fully saturated rings. The molecule has 2 aliphatic rings.